The van der Waals surface area contributed by atoms with Crippen molar-refractivity contribution in [1.29, 1.82) is 0 Å². The molecule has 1 amide bonds. The fourth-order valence-electron chi connectivity index (χ4n) is 2.84. The molecule has 6 nitrogen and oxygen atoms in total. The second kappa shape index (κ2) is 7.07. The SMILES string of the molecule is O=C(Cn1ccn2nc(-c3ccccc3)cc2c1=O)Nc1cc(F)ccc1F. The molecule has 4 rings (SSSR count). The van der Waals surface area contributed by atoms with Crippen LogP contribution in [0.25, 0.3) is 16.8 Å². The Morgan fingerprint density at radius 3 is 2.61 bits per heavy atom. The van der Waals surface area contributed by atoms with Crippen LogP contribution in [0.1, 0.15) is 0 Å². The molecular weight excluding hydrogens is 366 g/mol. The number of aromatic nitrogens is 3. The summed E-state index contributed by atoms with van der Waals surface area (Å²) in [7, 11) is 0. The monoisotopic (exact) mass is 380 g/mol. The zero-order valence-corrected chi connectivity index (χ0v) is 14.5. The molecule has 4 aromatic rings. The average Bonchev–Trinajstić information content (AvgIpc) is 3.13. The maximum absolute atomic E-state index is 13.7. The number of carbonyl (C=O) groups excluding carboxylic acids is 1. The summed E-state index contributed by atoms with van der Waals surface area (Å²) in [6.07, 6.45) is 2.97. The van der Waals surface area contributed by atoms with Crippen molar-refractivity contribution in [2.75, 3.05) is 5.32 Å². The molecular formula is C20H14F2N4O2. The first-order chi connectivity index (χ1) is 13.5. The Labute approximate surface area is 157 Å². The molecule has 8 heteroatoms. The van der Waals surface area contributed by atoms with E-state index in [0.717, 1.165) is 23.8 Å². The lowest BCUT2D eigenvalue weighted by atomic mass is 10.1. The van der Waals surface area contributed by atoms with Gasteiger partial charge in [0, 0.05) is 24.0 Å². The number of anilines is 1. The smallest absolute Gasteiger partial charge is 0.277 e. The third-order valence-electron chi connectivity index (χ3n) is 4.19. The number of fused-ring (bicyclic) bond motifs is 1. The number of hydrogen-bond donors (Lipinski definition) is 1. The Balaban J connectivity index is 1.60. The van der Waals surface area contributed by atoms with Crippen LogP contribution in [-0.4, -0.2) is 20.1 Å². The van der Waals surface area contributed by atoms with Crippen LogP contribution in [0.3, 0.4) is 0 Å². The molecule has 0 saturated carbocycles. The maximum atomic E-state index is 13.7. The van der Waals surface area contributed by atoms with Crippen LogP contribution in [0.5, 0.6) is 0 Å². The van der Waals surface area contributed by atoms with Crippen molar-refractivity contribution in [3.8, 4) is 11.3 Å². The highest BCUT2D eigenvalue weighted by Gasteiger charge is 2.13. The van der Waals surface area contributed by atoms with Gasteiger partial charge < -0.3 is 9.88 Å². The molecule has 2 aromatic heterocycles. The highest BCUT2D eigenvalue weighted by atomic mass is 19.1. The molecule has 28 heavy (non-hydrogen) atoms. The zero-order valence-electron chi connectivity index (χ0n) is 14.5. The molecule has 0 unspecified atom stereocenters. The van der Waals surface area contributed by atoms with Gasteiger partial charge in [-0.1, -0.05) is 30.3 Å². The normalized spacial score (nSPS) is 10.9. The molecule has 0 spiro atoms. The zero-order chi connectivity index (χ0) is 19.7. The number of carbonyl (C=O) groups is 1. The molecule has 2 aromatic carbocycles. The van der Waals surface area contributed by atoms with Gasteiger partial charge in [-0.15, -0.1) is 0 Å². The quantitative estimate of drug-likeness (QED) is 0.592. The van der Waals surface area contributed by atoms with E-state index < -0.39 is 23.1 Å². The molecule has 0 fully saturated rings. The average molecular weight is 380 g/mol. The Bertz CT molecular complexity index is 1230. The van der Waals surface area contributed by atoms with Gasteiger partial charge in [0.25, 0.3) is 5.56 Å². The van der Waals surface area contributed by atoms with E-state index in [1.165, 1.54) is 15.3 Å². The largest absolute Gasteiger partial charge is 0.322 e. The lowest BCUT2D eigenvalue weighted by molar-refractivity contribution is -0.116. The van der Waals surface area contributed by atoms with E-state index in [9.17, 15) is 18.4 Å². The van der Waals surface area contributed by atoms with Crippen molar-refractivity contribution < 1.29 is 13.6 Å². The van der Waals surface area contributed by atoms with Crippen LogP contribution >= 0.6 is 0 Å². The molecule has 0 bridgehead atoms. The van der Waals surface area contributed by atoms with Crippen LogP contribution in [0, 0.1) is 11.6 Å². The first-order valence-electron chi connectivity index (χ1n) is 8.40. The van der Waals surface area contributed by atoms with E-state index in [1.54, 1.807) is 12.3 Å². The molecule has 140 valence electrons. The number of rotatable bonds is 4. The van der Waals surface area contributed by atoms with Crippen molar-refractivity contribution in [2.45, 2.75) is 6.54 Å². The maximum Gasteiger partial charge on any atom is 0.277 e. The van der Waals surface area contributed by atoms with Gasteiger partial charge in [-0.05, 0) is 18.2 Å². The van der Waals surface area contributed by atoms with E-state index in [1.807, 2.05) is 30.3 Å². The van der Waals surface area contributed by atoms with Crippen LogP contribution in [0.15, 0.2) is 71.8 Å². The summed E-state index contributed by atoms with van der Waals surface area (Å²) in [6, 6.07) is 13.8. The highest BCUT2D eigenvalue weighted by Crippen LogP contribution is 2.18. The van der Waals surface area contributed by atoms with Gasteiger partial charge in [-0.3, -0.25) is 9.59 Å². The van der Waals surface area contributed by atoms with Crippen LogP contribution in [0.2, 0.25) is 0 Å². The number of benzene rings is 2. The van der Waals surface area contributed by atoms with Gasteiger partial charge in [0.1, 0.15) is 23.7 Å². The van der Waals surface area contributed by atoms with Crippen molar-refractivity contribution in [2.24, 2.45) is 0 Å². The summed E-state index contributed by atoms with van der Waals surface area (Å²) in [5.74, 6) is -2.09. The van der Waals surface area contributed by atoms with Crippen LogP contribution < -0.4 is 10.9 Å². The van der Waals surface area contributed by atoms with Crippen molar-refractivity contribution in [3.05, 3.63) is 89.0 Å². The van der Waals surface area contributed by atoms with Crippen LogP contribution in [0.4, 0.5) is 14.5 Å². The fourth-order valence-corrected chi connectivity index (χ4v) is 2.84. The molecule has 0 atom stereocenters. The first-order valence-corrected chi connectivity index (χ1v) is 8.40. The molecule has 0 aliphatic heterocycles. The molecule has 0 aliphatic rings. The van der Waals surface area contributed by atoms with Gasteiger partial charge in [-0.2, -0.15) is 5.10 Å². The molecule has 1 N–H and O–H groups in total. The van der Waals surface area contributed by atoms with Crippen molar-refractivity contribution in [1.82, 2.24) is 14.2 Å². The number of nitrogens with one attached hydrogen (secondary N) is 1. The summed E-state index contributed by atoms with van der Waals surface area (Å²) in [5.41, 5.74) is 1.08. The van der Waals surface area contributed by atoms with Gasteiger partial charge in [0.2, 0.25) is 5.91 Å². The highest BCUT2D eigenvalue weighted by molar-refractivity contribution is 5.90. The summed E-state index contributed by atoms with van der Waals surface area (Å²) in [5, 5.41) is 6.63. The predicted octanol–water partition coefficient (Wildman–Crippen LogP) is 3.08. The molecule has 0 aliphatic carbocycles. The standard InChI is InChI=1S/C20H14F2N4O2/c21-14-6-7-15(22)17(10-14)23-19(27)12-25-8-9-26-18(20(25)28)11-16(24-26)13-4-2-1-3-5-13/h1-11H,12H2,(H,23,27). The Morgan fingerprint density at radius 2 is 1.82 bits per heavy atom. The Hall–Kier alpha value is -3.81. The number of nitrogens with zero attached hydrogens (tertiary/aromatic N) is 3. The van der Waals surface area contributed by atoms with E-state index >= 15 is 0 Å². The minimum absolute atomic E-state index is 0.283. The van der Waals surface area contributed by atoms with Gasteiger partial charge in [0.05, 0.1) is 11.4 Å². The van der Waals surface area contributed by atoms with E-state index in [0.29, 0.717) is 11.2 Å². The topological polar surface area (TPSA) is 68.4 Å². The third kappa shape index (κ3) is 3.39. The summed E-state index contributed by atoms with van der Waals surface area (Å²) in [6.45, 7) is -0.350. The first kappa shape index (κ1) is 17.6. The Morgan fingerprint density at radius 1 is 1.04 bits per heavy atom. The lowest BCUT2D eigenvalue weighted by Crippen LogP contribution is -2.28. The molecule has 2 heterocycles. The minimum atomic E-state index is -0.763. The van der Waals surface area contributed by atoms with Gasteiger partial charge in [0.15, 0.2) is 0 Å². The minimum Gasteiger partial charge on any atom is -0.322 e. The number of hydrogen-bond acceptors (Lipinski definition) is 3. The van der Waals surface area contributed by atoms with Gasteiger partial charge >= 0.3 is 0 Å². The second-order valence-electron chi connectivity index (χ2n) is 6.13. The van der Waals surface area contributed by atoms with Crippen molar-refractivity contribution in [3.63, 3.8) is 0 Å². The summed E-state index contributed by atoms with van der Waals surface area (Å²) >= 11 is 0. The van der Waals surface area contributed by atoms with E-state index in [-0.39, 0.29) is 12.2 Å². The van der Waals surface area contributed by atoms with Crippen molar-refractivity contribution >= 4 is 17.1 Å². The third-order valence-corrected chi connectivity index (χ3v) is 4.19. The fraction of sp³-hybridized carbons (Fsp3) is 0.0500. The lowest BCUT2D eigenvalue weighted by Gasteiger charge is -2.08. The predicted molar refractivity (Wildman–Crippen MR) is 99.9 cm³/mol. The second-order valence-corrected chi connectivity index (χ2v) is 6.13. The van der Waals surface area contributed by atoms with Gasteiger partial charge in [-0.25, -0.2) is 13.3 Å². The number of amides is 1. The van der Waals surface area contributed by atoms with E-state index in [4.69, 9.17) is 0 Å². The Kier molecular flexibility index (Phi) is 4.44. The molecule has 0 saturated heterocycles. The molecule has 0 radical (unpaired) electrons. The summed E-state index contributed by atoms with van der Waals surface area (Å²) < 4.78 is 29.5. The van der Waals surface area contributed by atoms with Crippen LogP contribution in [-0.2, 0) is 11.3 Å². The number of halogens is 2. The van der Waals surface area contributed by atoms with E-state index in [2.05, 4.69) is 10.4 Å². The summed E-state index contributed by atoms with van der Waals surface area (Å²) in [4.78, 5) is 24.8.